The molecule has 0 radical (unpaired) electrons. The third-order valence-electron chi connectivity index (χ3n) is 5.28. The molecular weight excluding hydrogens is 620 g/mol. The highest BCUT2D eigenvalue weighted by Gasteiger charge is 2.22. The Hall–Kier alpha value is -2.69. The lowest BCUT2D eigenvalue weighted by molar-refractivity contribution is 0.644. The molecule has 1 heteroatoms. The van der Waals surface area contributed by atoms with Crippen LogP contribution in [0.2, 0.25) is 0 Å². The van der Waals surface area contributed by atoms with Crippen molar-refractivity contribution < 1.29 is 0 Å². The summed E-state index contributed by atoms with van der Waals surface area (Å²) in [6.07, 6.45) is 5.96. The number of rotatable bonds is 6. The quantitative estimate of drug-likeness (QED) is 0.175. The van der Waals surface area contributed by atoms with Gasteiger partial charge >= 0.3 is 0 Å². The number of benzene rings is 4. The third kappa shape index (κ3) is 36.6. The van der Waals surface area contributed by atoms with E-state index in [1.165, 1.54) is 47.7 Å². The van der Waals surface area contributed by atoms with Crippen molar-refractivity contribution in [1.82, 2.24) is 0 Å². The van der Waals surface area contributed by atoms with Crippen LogP contribution in [0.15, 0.2) is 121 Å². The minimum Gasteiger partial charge on any atom is -0.138 e. The Morgan fingerprint density at radius 2 is 0.460 bits per heavy atom. The second-order valence-corrected chi connectivity index (χ2v) is 10.3. The van der Waals surface area contributed by atoms with Crippen LogP contribution in [0.3, 0.4) is 0 Å². The standard InChI is InChI=1S/C27H24.3C3H8.C2H7P.4C2H6.3CH4/c1-5-13-22(14-6-1)26(23-15-7-2-8-16-23)21-27(24-17-9-3-10-18-24)25-19-11-4-12-20-25;3*1-3-2;1-2-3;4*1-2;;;/h1-20,26-27H,21H2;3*3H2,1-2H3;2-3H2,1H3;4*1-2H3;3*1H4. The van der Waals surface area contributed by atoms with Crippen molar-refractivity contribution in [2.75, 3.05) is 6.16 Å². The molecular formula is C49H91P. The van der Waals surface area contributed by atoms with Gasteiger partial charge in [-0.3, -0.25) is 0 Å². The number of hydrogen-bond donors (Lipinski definition) is 0. The molecule has 0 saturated heterocycles. The van der Waals surface area contributed by atoms with Crippen LogP contribution in [0.4, 0.5) is 0 Å². The van der Waals surface area contributed by atoms with Gasteiger partial charge in [0.25, 0.3) is 0 Å². The highest BCUT2D eigenvalue weighted by molar-refractivity contribution is 7.16. The molecule has 4 aromatic carbocycles. The van der Waals surface area contributed by atoms with E-state index in [2.05, 4.69) is 179 Å². The smallest absolute Gasteiger partial charge is 0.00983 e. The maximum atomic E-state index is 2.58. The molecule has 4 aromatic rings. The van der Waals surface area contributed by atoms with Gasteiger partial charge in [-0.2, -0.15) is 0 Å². The fraction of sp³-hybridized carbons (Fsp3) is 0.510. The van der Waals surface area contributed by atoms with Crippen LogP contribution in [0.5, 0.6) is 0 Å². The Bertz CT molecular complexity index is 830. The van der Waals surface area contributed by atoms with E-state index in [9.17, 15) is 0 Å². The van der Waals surface area contributed by atoms with Gasteiger partial charge in [-0.1, -0.05) is 267 Å². The van der Waals surface area contributed by atoms with E-state index in [0.29, 0.717) is 11.8 Å². The molecule has 0 nitrogen and oxygen atoms in total. The lowest BCUT2D eigenvalue weighted by Crippen LogP contribution is -2.09. The molecule has 0 aliphatic rings. The average Bonchev–Trinajstić information content (AvgIpc) is 3.15. The zero-order valence-corrected chi connectivity index (χ0v) is 35.0. The van der Waals surface area contributed by atoms with Gasteiger partial charge in [-0.15, -0.1) is 9.24 Å². The molecule has 0 aromatic heterocycles. The number of hydrogen-bond acceptors (Lipinski definition) is 0. The van der Waals surface area contributed by atoms with Gasteiger partial charge in [0.1, 0.15) is 0 Å². The fourth-order valence-corrected chi connectivity index (χ4v) is 3.91. The summed E-state index contributed by atoms with van der Waals surface area (Å²) in [6.45, 7) is 30.8. The van der Waals surface area contributed by atoms with Gasteiger partial charge in [0.2, 0.25) is 0 Å². The fourth-order valence-electron chi connectivity index (χ4n) is 3.91. The summed E-state index contributed by atoms with van der Waals surface area (Å²) < 4.78 is 0. The highest BCUT2D eigenvalue weighted by Crippen LogP contribution is 2.38. The molecule has 0 N–H and O–H groups in total. The van der Waals surface area contributed by atoms with Crippen molar-refractivity contribution in [2.24, 2.45) is 0 Å². The lowest BCUT2D eigenvalue weighted by atomic mass is 9.78. The summed E-state index contributed by atoms with van der Waals surface area (Å²) in [4.78, 5) is 0. The molecule has 4 rings (SSSR count). The third-order valence-corrected chi connectivity index (χ3v) is 5.28. The SMILES string of the molecule is C.C.C.CC.CC.CC.CC.CCC.CCC.CCC.CCP.c1ccc(C(CC(c2ccccc2)c2ccccc2)c2ccccc2)cc1. The normalized spacial score (nSPS) is 7.88. The molecule has 1 unspecified atom stereocenters. The predicted molar refractivity (Wildman–Crippen MR) is 248 cm³/mol. The Morgan fingerprint density at radius 1 is 0.340 bits per heavy atom. The average molecular weight is 711 g/mol. The van der Waals surface area contributed by atoms with E-state index in [1.807, 2.05) is 55.4 Å². The minimum atomic E-state index is 0. The van der Waals surface area contributed by atoms with Crippen molar-refractivity contribution in [3.05, 3.63) is 144 Å². The Kier molecular flexibility index (Phi) is 76.8. The van der Waals surface area contributed by atoms with E-state index >= 15 is 0 Å². The highest BCUT2D eigenvalue weighted by atomic mass is 31.0. The second-order valence-electron chi connectivity index (χ2n) is 9.51. The molecule has 1 atom stereocenters. The Morgan fingerprint density at radius 3 is 0.580 bits per heavy atom. The summed E-state index contributed by atoms with van der Waals surface area (Å²) in [5.41, 5.74) is 5.50. The van der Waals surface area contributed by atoms with E-state index < -0.39 is 0 Å². The van der Waals surface area contributed by atoms with E-state index in [1.54, 1.807) is 0 Å². The summed E-state index contributed by atoms with van der Waals surface area (Å²) in [6, 6.07) is 43.6. The van der Waals surface area contributed by atoms with Crippen molar-refractivity contribution in [1.29, 1.82) is 0 Å². The summed E-state index contributed by atoms with van der Waals surface area (Å²) in [5, 5.41) is 0. The van der Waals surface area contributed by atoms with Gasteiger partial charge in [-0.05, 0) is 34.8 Å². The van der Waals surface area contributed by atoms with Gasteiger partial charge in [-0.25, -0.2) is 0 Å². The Balaban J connectivity index is -0.000000109. The molecule has 292 valence electrons. The molecule has 0 aliphatic carbocycles. The molecule has 0 aliphatic heterocycles. The van der Waals surface area contributed by atoms with Gasteiger partial charge in [0.05, 0.1) is 0 Å². The molecule has 0 spiro atoms. The van der Waals surface area contributed by atoms with Crippen molar-refractivity contribution in [3.63, 3.8) is 0 Å². The first-order valence-corrected chi connectivity index (χ1v) is 19.8. The van der Waals surface area contributed by atoms with Crippen molar-refractivity contribution >= 4 is 9.24 Å². The first-order valence-electron chi connectivity index (χ1n) is 19.0. The minimum absolute atomic E-state index is 0. The van der Waals surface area contributed by atoms with Crippen molar-refractivity contribution in [3.8, 4) is 0 Å². The monoisotopic (exact) mass is 711 g/mol. The summed E-state index contributed by atoms with van der Waals surface area (Å²) >= 11 is 0. The van der Waals surface area contributed by atoms with Gasteiger partial charge in [0, 0.05) is 11.8 Å². The predicted octanol–water partition coefficient (Wildman–Crippen LogP) is 18.2. The Labute approximate surface area is 321 Å². The topological polar surface area (TPSA) is 0 Å². The van der Waals surface area contributed by atoms with Crippen LogP contribution in [-0.4, -0.2) is 6.16 Å². The zero-order valence-electron chi connectivity index (χ0n) is 33.8. The van der Waals surface area contributed by atoms with Crippen LogP contribution in [0, 0.1) is 0 Å². The van der Waals surface area contributed by atoms with E-state index in [0.717, 1.165) is 6.42 Å². The summed E-state index contributed by atoms with van der Waals surface area (Å²) in [5.74, 6) is 0.718. The molecule has 0 saturated carbocycles. The van der Waals surface area contributed by atoms with Crippen LogP contribution >= 0.6 is 9.24 Å². The van der Waals surface area contributed by atoms with Crippen LogP contribution < -0.4 is 0 Å². The first kappa shape index (κ1) is 65.7. The maximum absolute atomic E-state index is 2.58. The first-order chi connectivity index (χ1) is 23.1. The van der Waals surface area contributed by atoms with Crippen LogP contribution in [0.25, 0.3) is 0 Å². The zero-order chi connectivity index (χ0) is 37.1. The molecule has 0 fully saturated rings. The maximum Gasteiger partial charge on any atom is 0.00983 e. The van der Waals surface area contributed by atoms with Crippen LogP contribution in [-0.2, 0) is 0 Å². The van der Waals surface area contributed by atoms with E-state index in [-0.39, 0.29) is 22.3 Å². The molecule has 0 bridgehead atoms. The van der Waals surface area contributed by atoms with Gasteiger partial charge in [0.15, 0.2) is 0 Å². The van der Waals surface area contributed by atoms with Gasteiger partial charge < -0.3 is 0 Å². The second kappa shape index (κ2) is 58.5. The largest absolute Gasteiger partial charge is 0.138 e. The summed E-state index contributed by atoms with van der Waals surface area (Å²) in [7, 11) is 2.58. The molecule has 50 heavy (non-hydrogen) atoms. The van der Waals surface area contributed by atoms with Crippen molar-refractivity contribution in [2.45, 2.75) is 164 Å². The van der Waals surface area contributed by atoms with Crippen LogP contribution in [0.1, 0.15) is 186 Å². The molecule has 0 heterocycles. The lowest BCUT2D eigenvalue weighted by Gasteiger charge is -2.25. The van der Waals surface area contributed by atoms with E-state index in [4.69, 9.17) is 0 Å². The molecule has 0 amide bonds.